The molecule has 0 amide bonds. The Morgan fingerprint density at radius 2 is 1.90 bits per heavy atom. The lowest BCUT2D eigenvalue weighted by Gasteiger charge is -2.14. The van der Waals surface area contributed by atoms with E-state index in [2.05, 4.69) is 10.0 Å². The van der Waals surface area contributed by atoms with Gasteiger partial charge in [-0.25, -0.2) is 13.1 Å². The second-order valence-electron chi connectivity index (χ2n) is 4.18. The second-order valence-corrected chi connectivity index (χ2v) is 6.33. The van der Waals surface area contributed by atoms with Gasteiger partial charge in [0, 0.05) is 12.6 Å². The summed E-state index contributed by atoms with van der Waals surface area (Å²) in [7, 11) is -2.29. The Hall–Kier alpha value is -0.540. The fraction of sp³-hybridized carbons (Fsp3) is 0.455. The van der Waals surface area contributed by atoms with Crippen molar-refractivity contribution in [1.82, 2.24) is 10.0 Å². The van der Waals surface area contributed by atoms with Crippen molar-refractivity contribution in [3.63, 3.8) is 0 Å². The largest absolute Gasteiger partial charge is 0.416 e. The predicted molar refractivity (Wildman–Crippen MR) is 77.4 cm³/mol. The van der Waals surface area contributed by atoms with Crippen LogP contribution in [0, 0.1) is 0 Å². The zero-order valence-electron chi connectivity index (χ0n) is 11.2. The molecule has 1 aromatic carbocycles. The van der Waals surface area contributed by atoms with Gasteiger partial charge < -0.3 is 5.32 Å². The molecule has 0 aliphatic carbocycles. The topological polar surface area (TPSA) is 58.2 Å². The number of rotatable bonds is 5. The summed E-state index contributed by atoms with van der Waals surface area (Å²) in [6.45, 7) is 1.84. The molecule has 0 saturated carbocycles. The van der Waals surface area contributed by atoms with Crippen LogP contribution < -0.4 is 10.0 Å². The van der Waals surface area contributed by atoms with E-state index in [0.29, 0.717) is 12.1 Å². The number of halogens is 5. The molecular formula is C11H15Cl2F3N2O2S. The molecule has 0 bridgehead atoms. The Morgan fingerprint density at radius 3 is 2.33 bits per heavy atom. The Balaban J connectivity index is 0.00000400. The predicted octanol–water partition coefficient (Wildman–Crippen LogP) is 2.67. The molecule has 0 aromatic heterocycles. The van der Waals surface area contributed by atoms with E-state index in [-0.39, 0.29) is 29.9 Å². The van der Waals surface area contributed by atoms with Crippen molar-refractivity contribution in [1.29, 1.82) is 0 Å². The molecule has 21 heavy (non-hydrogen) atoms. The van der Waals surface area contributed by atoms with E-state index in [1.807, 2.05) is 0 Å². The van der Waals surface area contributed by atoms with Crippen LogP contribution in [0.4, 0.5) is 13.2 Å². The standard InChI is InChI=1S/C11H14ClF3N2O2S.ClH/c1-7(16-2)6-17-20(18,19)10-4-3-8(5-9(10)12)11(13,14)15;/h3-5,7,16-17H,6H2,1-2H3;1H. The first-order valence-corrected chi connectivity index (χ1v) is 7.47. The Kier molecular flexibility index (Phi) is 7.44. The second kappa shape index (κ2) is 7.64. The van der Waals surface area contributed by atoms with E-state index in [0.717, 1.165) is 6.07 Å². The fourth-order valence-corrected chi connectivity index (χ4v) is 2.98. The summed E-state index contributed by atoms with van der Waals surface area (Å²) in [6.07, 6.45) is -4.57. The van der Waals surface area contributed by atoms with Crippen LogP contribution in [0.15, 0.2) is 23.1 Å². The van der Waals surface area contributed by atoms with Gasteiger partial charge in [0.15, 0.2) is 0 Å². The molecule has 1 unspecified atom stereocenters. The van der Waals surface area contributed by atoms with Gasteiger partial charge in [0.2, 0.25) is 10.0 Å². The zero-order valence-corrected chi connectivity index (χ0v) is 13.6. The van der Waals surface area contributed by atoms with Gasteiger partial charge in [0.25, 0.3) is 0 Å². The van der Waals surface area contributed by atoms with E-state index in [9.17, 15) is 21.6 Å². The van der Waals surface area contributed by atoms with Crippen LogP contribution >= 0.6 is 24.0 Å². The van der Waals surface area contributed by atoms with Crippen molar-refractivity contribution in [2.24, 2.45) is 0 Å². The molecule has 0 saturated heterocycles. The highest BCUT2D eigenvalue weighted by Crippen LogP contribution is 2.33. The van der Waals surface area contributed by atoms with Gasteiger partial charge in [-0.15, -0.1) is 12.4 Å². The smallest absolute Gasteiger partial charge is 0.316 e. The van der Waals surface area contributed by atoms with Crippen LogP contribution in [0.25, 0.3) is 0 Å². The van der Waals surface area contributed by atoms with Gasteiger partial charge in [0.1, 0.15) is 4.90 Å². The minimum atomic E-state index is -4.57. The first-order chi connectivity index (χ1) is 9.08. The first-order valence-electron chi connectivity index (χ1n) is 5.61. The van der Waals surface area contributed by atoms with Gasteiger partial charge in [-0.2, -0.15) is 13.2 Å². The van der Waals surface area contributed by atoms with Crippen LogP contribution in [0.1, 0.15) is 12.5 Å². The summed E-state index contributed by atoms with van der Waals surface area (Å²) in [4.78, 5) is -0.379. The average molecular weight is 367 g/mol. The number of benzene rings is 1. The maximum Gasteiger partial charge on any atom is 0.416 e. The lowest BCUT2D eigenvalue weighted by Crippen LogP contribution is -2.37. The highest BCUT2D eigenvalue weighted by molar-refractivity contribution is 7.89. The van der Waals surface area contributed by atoms with E-state index >= 15 is 0 Å². The molecule has 2 N–H and O–H groups in total. The quantitative estimate of drug-likeness (QED) is 0.842. The zero-order chi connectivity index (χ0) is 15.6. The molecule has 0 aliphatic heterocycles. The molecule has 0 fully saturated rings. The van der Waals surface area contributed by atoms with E-state index < -0.39 is 26.8 Å². The number of likely N-dealkylation sites (N-methyl/N-ethyl adjacent to an activating group) is 1. The molecule has 0 heterocycles. The van der Waals surface area contributed by atoms with Gasteiger partial charge >= 0.3 is 6.18 Å². The van der Waals surface area contributed by atoms with Crippen LogP contribution in [0.2, 0.25) is 5.02 Å². The van der Waals surface area contributed by atoms with Gasteiger partial charge in [0.05, 0.1) is 10.6 Å². The first kappa shape index (κ1) is 20.5. The summed E-state index contributed by atoms with van der Waals surface area (Å²) in [6, 6.07) is 2.00. The third kappa shape index (κ3) is 5.63. The van der Waals surface area contributed by atoms with Crippen molar-refractivity contribution >= 4 is 34.0 Å². The Labute approximate surface area is 132 Å². The highest BCUT2D eigenvalue weighted by atomic mass is 35.5. The monoisotopic (exact) mass is 366 g/mol. The number of hydrogen-bond acceptors (Lipinski definition) is 3. The fourth-order valence-electron chi connectivity index (χ4n) is 1.31. The summed E-state index contributed by atoms with van der Waals surface area (Å²) in [5.74, 6) is 0. The third-order valence-electron chi connectivity index (χ3n) is 2.62. The molecule has 0 spiro atoms. The van der Waals surface area contributed by atoms with Crippen LogP contribution in [-0.2, 0) is 16.2 Å². The van der Waals surface area contributed by atoms with E-state index in [1.54, 1.807) is 14.0 Å². The molecule has 1 atom stereocenters. The Morgan fingerprint density at radius 1 is 1.33 bits per heavy atom. The Bertz CT molecular complexity index is 579. The average Bonchev–Trinajstić information content (AvgIpc) is 2.34. The maximum absolute atomic E-state index is 12.5. The molecule has 0 aliphatic rings. The van der Waals surface area contributed by atoms with Crippen molar-refractivity contribution in [3.05, 3.63) is 28.8 Å². The number of hydrogen-bond donors (Lipinski definition) is 2. The SMILES string of the molecule is CNC(C)CNS(=O)(=O)c1ccc(C(F)(F)F)cc1Cl.Cl. The third-order valence-corrected chi connectivity index (χ3v) is 4.53. The van der Waals surface area contributed by atoms with Gasteiger partial charge in [-0.1, -0.05) is 11.6 Å². The van der Waals surface area contributed by atoms with Gasteiger partial charge in [-0.05, 0) is 32.2 Å². The molecular weight excluding hydrogens is 352 g/mol. The molecule has 4 nitrogen and oxygen atoms in total. The molecule has 0 radical (unpaired) electrons. The van der Waals surface area contributed by atoms with Crippen LogP contribution in [0.5, 0.6) is 0 Å². The molecule has 10 heteroatoms. The highest BCUT2D eigenvalue weighted by Gasteiger charge is 2.32. The van der Waals surface area contributed by atoms with Gasteiger partial charge in [-0.3, -0.25) is 0 Å². The van der Waals surface area contributed by atoms with E-state index in [1.165, 1.54) is 0 Å². The summed E-state index contributed by atoms with van der Waals surface area (Å²) in [5, 5.41) is 2.36. The van der Waals surface area contributed by atoms with Crippen molar-refractivity contribution < 1.29 is 21.6 Å². The summed E-state index contributed by atoms with van der Waals surface area (Å²) < 4.78 is 63.5. The van der Waals surface area contributed by atoms with Crippen molar-refractivity contribution in [3.8, 4) is 0 Å². The summed E-state index contributed by atoms with van der Waals surface area (Å²) in [5.41, 5.74) is -0.995. The minimum absolute atomic E-state index is 0. The lowest BCUT2D eigenvalue weighted by atomic mass is 10.2. The molecule has 1 aromatic rings. The molecule has 122 valence electrons. The maximum atomic E-state index is 12.5. The number of alkyl halides is 3. The van der Waals surface area contributed by atoms with E-state index in [4.69, 9.17) is 11.6 Å². The van der Waals surface area contributed by atoms with Crippen LogP contribution in [-0.4, -0.2) is 28.1 Å². The van der Waals surface area contributed by atoms with Crippen molar-refractivity contribution in [2.45, 2.75) is 24.0 Å². The minimum Gasteiger partial charge on any atom is -0.316 e. The lowest BCUT2D eigenvalue weighted by molar-refractivity contribution is -0.137. The normalized spacial score (nSPS) is 13.6. The molecule has 1 rings (SSSR count). The van der Waals surface area contributed by atoms with Crippen LogP contribution in [0.3, 0.4) is 0 Å². The van der Waals surface area contributed by atoms with Crippen molar-refractivity contribution in [2.75, 3.05) is 13.6 Å². The summed E-state index contributed by atoms with van der Waals surface area (Å²) >= 11 is 5.63. The number of nitrogens with one attached hydrogen (secondary N) is 2. The number of sulfonamides is 1.